The summed E-state index contributed by atoms with van der Waals surface area (Å²) in [5.74, 6) is 1.02. The lowest BCUT2D eigenvalue weighted by Gasteiger charge is -2.23. The van der Waals surface area contributed by atoms with Crippen molar-refractivity contribution < 1.29 is 4.52 Å². The van der Waals surface area contributed by atoms with Gasteiger partial charge < -0.3 is 14.8 Å². The van der Waals surface area contributed by atoms with Gasteiger partial charge in [-0.3, -0.25) is 4.79 Å². The van der Waals surface area contributed by atoms with Crippen LogP contribution in [0.15, 0.2) is 39.8 Å². The van der Waals surface area contributed by atoms with Crippen LogP contribution < -0.4 is 10.9 Å². The monoisotopic (exact) mass is 410 g/mol. The molecule has 1 saturated heterocycles. The van der Waals surface area contributed by atoms with Crippen LogP contribution in [0, 0.1) is 6.92 Å². The molecule has 0 spiro atoms. The van der Waals surface area contributed by atoms with Gasteiger partial charge in [-0.05, 0) is 50.6 Å². The standard InChI is InChI=1S/C20H19ClN6O2/c1-11-2-3-13(21)8-14(11)18-25-20(29-26-18)15-10-23-27-16(9-17(28)24-19(15)27)12-4-6-22-7-5-12/h2-3,8-10,12,22H,4-7H2,1H3,(H,24,28). The van der Waals surface area contributed by atoms with E-state index in [-0.39, 0.29) is 11.5 Å². The third kappa shape index (κ3) is 3.24. The fraction of sp³-hybridized carbons (Fsp3) is 0.300. The molecule has 8 nitrogen and oxygen atoms in total. The summed E-state index contributed by atoms with van der Waals surface area (Å²) in [5.41, 5.74) is 3.68. The molecule has 9 heteroatoms. The van der Waals surface area contributed by atoms with Crippen LogP contribution in [0.5, 0.6) is 0 Å². The lowest BCUT2D eigenvalue weighted by molar-refractivity contribution is 0.432. The number of benzene rings is 1. The molecule has 1 aliphatic heterocycles. The molecule has 0 atom stereocenters. The van der Waals surface area contributed by atoms with Crippen LogP contribution >= 0.6 is 11.6 Å². The van der Waals surface area contributed by atoms with Gasteiger partial charge in [0.1, 0.15) is 11.2 Å². The number of halogens is 1. The Morgan fingerprint density at radius 2 is 2.03 bits per heavy atom. The fourth-order valence-electron chi connectivity index (χ4n) is 3.86. The summed E-state index contributed by atoms with van der Waals surface area (Å²) < 4.78 is 7.28. The van der Waals surface area contributed by atoms with Crippen molar-refractivity contribution in [3.05, 3.63) is 57.1 Å². The molecule has 0 unspecified atom stereocenters. The molecule has 1 aromatic carbocycles. The van der Waals surface area contributed by atoms with Crippen molar-refractivity contribution in [1.82, 2.24) is 30.1 Å². The van der Waals surface area contributed by atoms with Crippen LogP contribution in [0.1, 0.15) is 30.0 Å². The summed E-state index contributed by atoms with van der Waals surface area (Å²) in [6.45, 7) is 3.82. The molecule has 0 aliphatic carbocycles. The molecule has 0 saturated carbocycles. The molecular formula is C20H19ClN6O2. The second-order valence-electron chi connectivity index (χ2n) is 7.28. The average molecular weight is 411 g/mol. The number of hydrogen-bond donors (Lipinski definition) is 2. The summed E-state index contributed by atoms with van der Waals surface area (Å²) in [6, 6.07) is 7.17. The predicted octanol–water partition coefficient (Wildman–Crippen LogP) is 3.17. The Hall–Kier alpha value is -2.97. The Morgan fingerprint density at radius 1 is 1.21 bits per heavy atom. The average Bonchev–Trinajstić information content (AvgIpc) is 3.37. The summed E-state index contributed by atoms with van der Waals surface area (Å²) in [6.07, 6.45) is 3.58. The molecule has 1 fully saturated rings. The van der Waals surface area contributed by atoms with Crippen molar-refractivity contribution in [2.45, 2.75) is 25.7 Å². The fourth-order valence-corrected chi connectivity index (χ4v) is 4.03. The van der Waals surface area contributed by atoms with E-state index in [1.165, 1.54) is 0 Å². The minimum absolute atomic E-state index is 0.168. The van der Waals surface area contributed by atoms with E-state index in [0.29, 0.717) is 27.9 Å². The zero-order valence-electron chi connectivity index (χ0n) is 15.8. The van der Waals surface area contributed by atoms with Gasteiger partial charge in [-0.1, -0.05) is 22.8 Å². The van der Waals surface area contributed by atoms with Crippen molar-refractivity contribution in [3.8, 4) is 22.8 Å². The van der Waals surface area contributed by atoms with Gasteiger partial charge >= 0.3 is 0 Å². The van der Waals surface area contributed by atoms with Gasteiger partial charge in [-0.2, -0.15) is 10.1 Å². The van der Waals surface area contributed by atoms with Crippen LogP contribution in [-0.2, 0) is 0 Å². The lowest BCUT2D eigenvalue weighted by Crippen LogP contribution is -2.28. The molecule has 29 heavy (non-hydrogen) atoms. The Morgan fingerprint density at radius 3 is 2.86 bits per heavy atom. The summed E-state index contributed by atoms with van der Waals surface area (Å²) in [7, 11) is 0. The summed E-state index contributed by atoms with van der Waals surface area (Å²) >= 11 is 6.12. The number of nitrogens with one attached hydrogen (secondary N) is 2. The van der Waals surface area contributed by atoms with E-state index < -0.39 is 0 Å². The smallest absolute Gasteiger partial charge is 0.263 e. The van der Waals surface area contributed by atoms with Gasteiger partial charge in [-0.25, -0.2) is 4.52 Å². The van der Waals surface area contributed by atoms with Gasteiger partial charge in [0, 0.05) is 22.6 Å². The first-order chi connectivity index (χ1) is 14.1. The number of hydrogen-bond acceptors (Lipinski definition) is 6. The highest BCUT2D eigenvalue weighted by atomic mass is 35.5. The van der Waals surface area contributed by atoms with Crippen LogP contribution in [0.2, 0.25) is 5.02 Å². The Balaban J connectivity index is 1.60. The number of nitrogens with zero attached hydrogens (tertiary/aromatic N) is 4. The molecule has 0 radical (unpaired) electrons. The largest absolute Gasteiger partial charge is 0.333 e. The summed E-state index contributed by atoms with van der Waals surface area (Å²) in [4.78, 5) is 19.7. The molecule has 0 bridgehead atoms. The number of H-pyrrole nitrogens is 1. The second-order valence-corrected chi connectivity index (χ2v) is 7.72. The van der Waals surface area contributed by atoms with Gasteiger partial charge in [-0.15, -0.1) is 0 Å². The highest BCUT2D eigenvalue weighted by molar-refractivity contribution is 6.30. The Bertz CT molecular complexity index is 1250. The first-order valence-corrected chi connectivity index (χ1v) is 9.90. The van der Waals surface area contributed by atoms with Crippen molar-refractivity contribution in [2.75, 3.05) is 13.1 Å². The Labute approximate surface area is 170 Å². The van der Waals surface area contributed by atoms with Gasteiger partial charge in [0.2, 0.25) is 5.82 Å². The second kappa shape index (κ2) is 7.13. The van der Waals surface area contributed by atoms with E-state index in [9.17, 15) is 4.79 Å². The van der Waals surface area contributed by atoms with Gasteiger partial charge in [0.25, 0.3) is 11.4 Å². The maximum atomic E-state index is 12.3. The van der Waals surface area contributed by atoms with Crippen molar-refractivity contribution in [3.63, 3.8) is 0 Å². The highest BCUT2D eigenvalue weighted by Crippen LogP contribution is 2.30. The first kappa shape index (κ1) is 18.1. The number of fused-ring (bicyclic) bond motifs is 1. The maximum Gasteiger partial charge on any atom is 0.263 e. The third-order valence-corrected chi connectivity index (χ3v) is 5.62. The van der Waals surface area contributed by atoms with Gasteiger partial charge in [0.15, 0.2) is 0 Å². The van der Waals surface area contributed by atoms with E-state index in [2.05, 4.69) is 25.5 Å². The molecule has 3 aromatic heterocycles. The normalized spacial score (nSPS) is 15.2. The third-order valence-electron chi connectivity index (χ3n) is 5.39. The molecule has 4 aromatic rings. The molecular weight excluding hydrogens is 392 g/mol. The van der Waals surface area contributed by atoms with E-state index in [1.54, 1.807) is 22.8 Å². The van der Waals surface area contributed by atoms with Crippen molar-refractivity contribution in [1.29, 1.82) is 0 Å². The molecule has 0 amide bonds. The number of aromatic amines is 1. The minimum atomic E-state index is -0.168. The van der Waals surface area contributed by atoms with E-state index in [0.717, 1.165) is 42.8 Å². The number of piperidine rings is 1. The van der Waals surface area contributed by atoms with Crippen molar-refractivity contribution in [2.24, 2.45) is 0 Å². The molecule has 1 aliphatic rings. The summed E-state index contributed by atoms with van der Waals surface area (Å²) in [5, 5.41) is 12.6. The SMILES string of the molecule is Cc1ccc(Cl)cc1-c1noc(-c2cnn3c(C4CCNCC4)cc(=O)[nH]c23)n1. The molecule has 5 rings (SSSR count). The Kier molecular flexibility index (Phi) is 4.44. The minimum Gasteiger partial charge on any atom is -0.333 e. The molecule has 148 valence electrons. The maximum absolute atomic E-state index is 12.3. The quantitative estimate of drug-likeness (QED) is 0.538. The highest BCUT2D eigenvalue weighted by Gasteiger charge is 2.23. The number of rotatable bonds is 3. The predicted molar refractivity (Wildman–Crippen MR) is 109 cm³/mol. The molecule has 4 heterocycles. The topological polar surface area (TPSA) is 101 Å². The van der Waals surface area contributed by atoms with Crippen LogP contribution in [0.3, 0.4) is 0 Å². The number of aromatic nitrogens is 5. The lowest BCUT2D eigenvalue weighted by atomic mass is 9.94. The molecule has 2 N–H and O–H groups in total. The zero-order chi connectivity index (χ0) is 20.0. The van der Waals surface area contributed by atoms with Crippen LogP contribution in [-0.4, -0.2) is 37.8 Å². The number of aryl methyl sites for hydroxylation is 1. The van der Waals surface area contributed by atoms with Crippen LogP contribution in [0.25, 0.3) is 28.5 Å². The van der Waals surface area contributed by atoms with E-state index >= 15 is 0 Å². The van der Waals surface area contributed by atoms with E-state index in [4.69, 9.17) is 16.1 Å². The van der Waals surface area contributed by atoms with Crippen molar-refractivity contribution >= 4 is 17.2 Å². The van der Waals surface area contributed by atoms with E-state index in [1.807, 2.05) is 19.1 Å². The van der Waals surface area contributed by atoms with Gasteiger partial charge in [0.05, 0.1) is 11.9 Å². The van der Waals surface area contributed by atoms with Crippen LogP contribution in [0.4, 0.5) is 0 Å². The zero-order valence-corrected chi connectivity index (χ0v) is 16.5. The first-order valence-electron chi connectivity index (χ1n) is 9.52.